The van der Waals surface area contributed by atoms with Crippen LogP contribution in [-0.4, -0.2) is 82.8 Å². The molecule has 0 saturated carbocycles. The standard InChI is InChI=1S/C20H23FN10O9P2S2/c21-11-9-3-36-41(33,43)39-7-1-10(30-5-26-12-15(22)24-4-25-16(12)30)37-8(7)2-35-42(34,44)40-14(11)19(38-9)31-6-27-13-17(31)28-20(23)29-18(13)32/h4-11,14,19H,1-3H2,(H,33,43)(H,34,44)(H2,22,24,25)(H3,23,28,29,32)/t7-,8+,9+,10+,11+,14+,19+,41+,42+/m0/s1. The van der Waals surface area contributed by atoms with Gasteiger partial charge < -0.3 is 20.9 Å². The fourth-order valence-electron chi connectivity index (χ4n) is 5.23. The van der Waals surface area contributed by atoms with Gasteiger partial charge >= 0.3 is 13.6 Å². The van der Waals surface area contributed by atoms with Crippen LogP contribution in [0.3, 0.4) is 0 Å². The number of thiol groups is 2. The SMILES string of the molecule is Nc1nc2c(ncn2[C@@H]2O[C@@H]3CO[P@@](=O)(S)O[C@H]4C[C@H](n5cnc6c(N)ncnc65)O[C@@H]4CO[P@@](=O)(S)O[C@@H]2[C@@H]3F)c(=O)[nH]1. The number of fused-ring (bicyclic) bond motifs is 5. The van der Waals surface area contributed by atoms with Gasteiger partial charge in [-0.1, -0.05) is 24.5 Å². The van der Waals surface area contributed by atoms with Crippen molar-refractivity contribution in [3.8, 4) is 0 Å². The zero-order valence-corrected chi connectivity index (χ0v) is 25.6. The molecule has 236 valence electrons. The van der Waals surface area contributed by atoms with Crippen LogP contribution in [0.5, 0.6) is 0 Å². The van der Waals surface area contributed by atoms with E-state index in [-0.39, 0.29) is 29.4 Å². The minimum atomic E-state index is -4.35. The van der Waals surface area contributed by atoms with Crippen LogP contribution in [-0.2, 0) is 36.7 Å². The van der Waals surface area contributed by atoms with Crippen molar-refractivity contribution in [3.63, 3.8) is 0 Å². The summed E-state index contributed by atoms with van der Waals surface area (Å²) in [4.78, 5) is 35.0. The Morgan fingerprint density at radius 2 is 1.61 bits per heavy atom. The minimum absolute atomic E-state index is 0.0647. The number of hydrogen-bond acceptors (Lipinski definition) is 16. The number of aromatic nitrogens is 8. The summed E-state index contributed by atoms with van der Waals surface area (Å²) >= 11 is 8.14. The summed E-state index contributed by atoms with van der Waals surface area (Å²) in [7, 11) is 0. The van der Waals surface area contributed by atoms with E-state index in [0.717, 1.165) is 6.33 Å². The number of alkyl halides is 1. The van der Waals surface area contributed by atoms with Crippen LogP contribution in [0, 0.1) is 0 Å². The summed E-state index contributed by atoms with van der Waals surface area (Å²) in [6.07, 6.45) is -5.35. The summed E-state index contributed by atoms with van der Waals surface area (Å²) in [5.74, 6) is -0.0784. The number of nitrogens with zero attached hydrogens (tertiary/aromatic N) is 7. The number of imidazole rings is 2. The largest absolute Gasteiger partial charge is 0.386 e. The molecular weight excluding hydrogens is 669 g/mol. The van der Waals surface area contributed by atoms with Gasteiger partial charge in [-0.05, 0) is 0 Å². The average Bonchev–Trinajstić information content (AvgIpc) is 3.72. The van der Waals surface area contributed by atoms with Gasteiger partial charge in [-0.2, -0.15) is 4.98 Å². The van der Waals surface area contributed by atoms with Crippen LogP contribution in [0.4, 0.5) is 16.2 Å². The van der Waals surface area contributed by atoms with Gasteiger partial charge in [-0.15, -0.1) is 0 Å². The van der Waals surface area contributed by atoms with Crippen molar-refractivity contribution in [3.05, 3.63) is 29.3 Å². The fraction of sp³-hybridized carbons (Fsp3) is 0.500. The molecule has 0 aromatic carbocycles. The maximum atomic E-state index is 15.8. The van der Waals surface area contributed by atoms with Gasteiger partial charge in [0.2, 0.25) is 5.95 Å². The van der Waals surface area contributed by atoms with Crippen molar-refractivity contribution < 1.29 is 41.1 Å². The highest BCUT2D eigenvalue weighted by Crippen LogP contribution is 2.60. The molecule has 0 radical (unpaired) electrons. The molecule has 0 unspecified atom stereocenters. The molecule has 2 bridgehead atoms. The predicted molar refractivity (Wildman–Crippen MR) is 154 cm³/mol. The molecule has 0 aliphatic carbocycles. The number of anilines is 2. The summed E-state index contributed by atoms with van der Waals surface area (Å²) < 4.78 is 79.5. The lowest BCUT2D eigenvalue weighted by molar-refractivity contribution is -0.0560. The van der Waals surface area contributed by atoms with Gasteiger partial charge in [0.05, 0.1) is 25.9 Å². The first-order valence-electron chi connectivity index (χ1n) is 12.8. The molecule has 5 N–H and O–H groups in total. The summed E-state index contributed by atoms with van der Waals surface area (Å²) in [6.45, 7) is -9.62. The maximum absolute atomic E-state index is 15.8. The Bertz CT molecular complexity index is 1910. The van der Waals surface area contributed by atoms with Crippen molar-refractivity contribution in [2.24, 2.45) is 0 Å². The number of nitrogens with one attached hydrogen (secondary N) is 1. The minimum Gasteiger partial charge on any atom is -0.382 e. The zero-order chi connectivity index (χ0) is 31.0. The highest BCUT2D eigenvalue weighted by molar-refractivity contribution is 8.44. The molecule has 3 aliphatic rings. The van der Waals surface area contributed by atoms with Gasteiger partial charge in [0.15, 0.2) is 35.0 Å². The topological polar surface area (TPSA) is 249 Å². The van der Waals surface area contributed by atoms with Crippen molar-refractivity contribution in [1.82, 2.24) is 39.0 Å². The lowest BCUT2D eigenvalue weighted by Crippen LogP contribution is -2.32. The van der Waals surface area contributed by atoms with E-state index in [1.165, 1.54) is 17.2 Å². The molecule has 0 amide bonds. The molecule has 7 heterocycles. The van der Waals surface area contributed by atoms with Crippen LogP contribution in [0.1, 0.15) is 18.9 Å². The molecule has 9 atom stereocenters. The van der Waals surface area contributed by atoms with E-state index in [4.69, 9.17) is 39.0 Å². The van der Waals surface area contributed by atoms with Crippen molar-refractivity contribution in [2.75, 3.05) is 24.7 Å². The first-order valence-corrected chi connectivity index (χ1v) is 18.2. The van der Waals surface area contributed by atoms with Crippen molar-refractivity contribution in [2.45, 2.75) is 49.5 Å². The van der Waals surface area contributed by atoms with Gasteiger partial charge in [-0.25, -0.2) is 33.5 Å². The first-order chi connectivity index (χ1) is 20.9. The molecule has 24 heteroatoms. The quantitative estimate of drug-likeness (QED) is 0.148. The lowest BCUT2D eigenvalue weighted by Gasteiger charge is -2.26. The van der Waals surface area contributed by atoms with E-state index in [9.17, 15) is 13.9 Å². The fourth-order valence-corrected chi connectivity index (χ4v) is 8.20. The molecule has 3 fully saturated rings. The van der Waals surface area contributed by atoms with E-state index in [0.29, 0.717) is 11.2 Å². The molecule has 7 rings (SSSR count). The Morgan fingerprint density at radius 3 is 2.41 bits per heavy atom. The second kappa shape index (κ2) is 11.0. The Balaban J connectivity index is 1.19. The highest BCUT2D eigenvalue weighted by atomic mass is 32.7. The number of hydrogen-bond donors (Lipinski definition) is 5. The molecule has 3 saturated heterocycles. The summed E-state index contributed by atoms with van der Waals surface area (Å²) in [6, 6.07) is 0. The molecule has 4 aromatic heterocycles. The molecule has 4 aromatic rings. The summed E-state index contributed by atoms with van der Waals surface area (Å²) in [5, 5.41) is 0. The number of halogens is 1. The first kappa shape index (κ1) is 30.0. The van der Waals surface area contributed by atoms with E-state index in [1.54, 1.807) is 4.57 Å². The van der Waals surface area contributed by atoms with Gasteiger partial charge in [-0.3, -0.25) is 37.0 Å². The molecule has 44 heavy (non-hydrogen) atoms. The number of ether oxygens (including phenoxy) is 2. The highest BCUT2D eigenvalue weighted by Gasteiger charge is 2.52. The smallest absolute Gasteiger partial charge is 0.382 e. The third kappa shape index (κ3) is 5.42. The van der Waals surface area contributed by atoms with E-state index >= 15 is 4.39 Å². The average molecular weight is 693 g/mol. The van der Waals surface area contributed by atoms with Gasteiger partial charge in [0.1, 0.15) is 42.5 Å². The second-order valence-electron chi connectivity index (χ2n) is 9.98. The Hall–Kier alpha value is -2.65. The predicted octanol–water partition coefficient (Wildman–Crippen LogP) is 1.54. The molecule has 0 spiro atoms. The normalized spacial score (nSPS) is 36.6. The monoisotopic (exact) mass is 692 g/mol. The van der Waals surface area contributed by atoms with Crippen LogP contribution in [0.2, 0.25) is 0 Å². The Morgan fingerprint density at radius 1 is 0.909 bits per heavy atom. The number of rotatable bonds is 2. The van der Waals surface area contributed by atoms with Gasteiger partial charge in [0, 0.05) is 6.42 Å². The third-order valence-electron chi connectivity index (χ3n) is 7.19. The van der Waals surface area contributed by atoms with Crippen LogP contribution >= 0.6 is 38.1 Å². The third-order valence-corrected chi connectivity index (χ3v) is 10.5. The van der Waals surface area contributed by atoms with Crippen LogP contribution < -0.4 is 17.0 Å². The molecule has 19 nitrogen and oxygen atoms in total. The van der Waals surface area contributed by atoms with Crippen LogP contribution in [0.15, 0.2) is 23.8 Å². The van der Waals surface area contributed by atoms with E-state index < -0.39 is 75.4 Å². The van der Waals surface area contributed by atoms with Crippen molar-refractivity contribution in [1.29, 1.82) is 0 Å². The van der Waals surface area contributed by atoms with Gasteiger partial charge in [0.25, 0.3) is 5.56 Å². The lowest BCUT2D eigenvalue weighted by atomic mass is 10.1. The van der Waals surface area contributed by atoms with Crippen molar-refractivity contribution >= 4 is 72.2 Å². The number of nitrogens with two attached hydrogens (primary N) is 2. The number of H-pyrrole nitrogens is 1. The molecular formula is C20H23FN10O9P2S2. The zero-order valence-electron chi connectivity index (χ0n) is 22.0. The van der Waals surface area contributed by atoms with Crippen LogP contribution in [0.25, 0.3) is 22.3 Å². The number of aromatic amines is 1. The maximum Gasteiger partial charge on any atom is 0.386 e. The summed E-state index contributed by atoms with van der Waals surface area (Å²) in [5.41, 5.74) is 11.4. The Labute approximate surface area is 255 Å². The number of nitrogen functional groups attached to an aromatic ring is 2. The molecule has 3 aliphatic heterocycles. The van der Waals surface area contributed by atoms with E-state index in [2.05, 4.69) is 54.4 Å². The van der Waals surface area contributed by atoms with E-state index in [1.807, 2.05) is 0 Å². The Kier molecular flexibility index (Phi) is 7.51. The second-order valence-corrected chi connectivity index (χ2v) is 15.7.